The predicted molar refractivity (Wildman–Crippen MR) is 110 cm³/mol. The predicted octanol–water partition coefficient (Wildman–Crippen LogP) is 3.64. The summed E-state index contributed by atoms with van der Waals surface area (Å²) in [5.41, 5.74) is 2.35. The zero-order chi connectivity index (χ0) is 19.9. The molecule has 0 amide bonds. The summed E-state index contributed by atoms with van der Waals surface area (Å²) >= 11 is 0. The molecule has 0 aliphatic rings. The molecule has 2 aromatic carbocycles. The standard InChI is InChI=1S/C21H28N2O3S/c1-17-15-19(22-27(25,26)21-10-5-4-6-11-21)13-12-18(17)16-20(24)9-7-8-14-23(2)3/h4-6,10-13,15,22H,7-9,14,16H2,1-3H3. The van der Waals surface area contributed by atoms with Gasteiger partial charge in [0.15, 0.2) is 0 Å². The number of Topliss-reactive ketones (excluding diaryl/α,β-unsaturated/α-hetero) is 1. The van der Waals surface area contributed by atoms with E-state index in [1.807, 2.05) is 27.1 Å². The number of carbonyl (C=O) groups excluding carboxylic acids is 1. The fourth-order valence-corrected chi connectivity index (χ4v) is 3.89. The molecule has 0 bridgehead atoms. The topological polar surface area (TPSA) is 66.5 Å². The monoisotopic (exact) mass is 388 g/mol. The third-order valence-corrected chi connectivity index (χ3v) is 5.74. The molecule has 1 N–H and O–H groups in total. The molecule has 0 atom stereocenters. The van der Waals surface area contributed by atoms with E-state index in [1.165, 1.54) is 0 Å². The minimum atomic E-state index is -3.61. The second-order valence-electron chi connectivity index (χ2n) is 7.04. The van der Waals surface area contributed by atoms with Gasteiger partial charge in [-0.05, 0) is 75.8 Å². The number of hydrogen-bond donors (Lipinski definition) is 1. The fraction of sp³-hybridized carbons (Fsp3) is 0.381. The Balaban J connectivity index is 1.96. The van der Waals surface area contributed by atoms with E-state index >= 15 is 0 Å². The number of hydrogen-bond acceptors (Lipinski definition) is 4. The maximum absolute atomic E-state index is 12.4. The zero-order valence-electron chi connectivity index (χ0n) is 16.2. The number of nitrogens with zero attached hydrogens (tertiary/aromatic N) is 1. The van der Waals surface area contributed by atoms with Gasteiger partial charge in [0.1, 0.15) is 5.78 Å². The lowest BCUT2D eigenvalue weighted by molar-refractivity contribution is -0.118. The van der Waals surface area contributed by atoms with E-state index in [4.69, 9.17) is 0 Å². The van der Waals surface area contributed by atoms with Crippen LogP contribution in [-0.4, -0.2) is 39.7 Å². The zero-order valence-corrected chi connectivity index (χ0v) is 17.1. The number of unbranched alkanes of at least 4 members (excludes halogenated alkanes) is 1. The van der Waals surface area contributed by atoms with Crippen molar-refractivity contribution in [3.8, 4) is 0 Å². The van der Waals surface area contributed by atoms with Gasteiger partial charge < -0.3 is 4.90 Å². The molecule has 0 unspecified atom stereocenters. The van der Waals surface area contributed by atoms with Crippen molar-refractivity contribution in [1.29, 1.82) is 0 Å². The molecular formula is C21H28N2O3S. The molecule has 0 aliphatic heterocycles. The summed E-state index contributed by atoms with van der Waals surface area (Å²) < 4.78 is 27.4. The van der Waals surface area contributed by atoms with Crippen LogP contribution in [0.3, 0.4) is 0 Å². The van der Waals surface area contributed by atoms with Gasteiger partial charge in [0.2, 0.25) is 0 Å². The van der Waals surface area contributed by atoms with E-state index in [0.29, 0.717) is 18.5 Å². The van der Waals surface area contributed by atoms with Gasteiger partial charge >= 0.3 is 0 Å². The van der Waals surface area contributed by atoms with Crippen LogP contribution in [-0.2, 0) is 21.2 Å². The van der Waals surface area contributed by atoms with Gasteiger partial charge in [-0.2, -0.15) is 0 Å². The van der Waals surface area contributed by atoms with Crippen LogP contribution in [0, 0.1) is 6.92 Å². The molecule has 0 fully saturated rings. The summed E-state index contributed by atoms with van der Waals surface area (Å²) in [6.07, 6.45) is 2.87. The van der Waals surface area contributed by atoms with E-state index < -0.39 is 10.0 Å². The van der Waals surface area contributed by atoms with Gasteiger partial charge in [-0.1, -0.05) is 24.3 Å². The van der Waals surface area contributed by atoms with Crippen molar-refractivity contribution in [3.63, 3.8) is 0 Å². The van der Waals surface area contributed by atoms with Crippen LogP contribution in [0.4, 0.5) is 5.69 Å². The number of sulfonamides is 1. The molecule has 0 spiro atoms. The second kappa shape index (κ2) is 9.67. The van der Waals surface area contributed by atoms with Gasteiger partial charge in [0, 0.05) is 18.5 Å². The minimum Gasteiger partial charge on any atom is -0.309 e. The van der Waals surface area contributed by atoms with Gasteiger partial charge in [-0.3, -0.25) is 9.52 Å². The summed E-state index contributed by atoms with van der Waals surface area (Å²) in [5, 5.41) is 0. The van der Waals surface area contributed by atoms with Crippen molar-refractivity contribution in [3.05, 3.63) is 59.7 Å². The average molecular weight is 389 g/mol. The first-order valence-corrected chi connectivity index (χ1v) is 10.6. The highest BCUT2D eigenvalue weighted by atomic mass is 32.2. The van der Waals surface area contributed by atoms with Gasteiger partial charge in [-0.25, -0.2) is 8.42 Å². The Hall–Kier alpha value is -2.18. The first-order valence-electron chi connectivity index (χ1n) is 9.12. The highest BCUT2D eigenvalue weighted by Crippen LogP contribution is 2.20. The molecule has 2 aromatic rings. The van der Waals surface area contributed by atoms with Crippen molar-refractivity contribution in [2.75, 3.05) is 25.4 Å². The molecule has 0 radical (unpaired) electrons. The smallest absolute Gasteiger partial charge is 0.261 e. The number of aryl methyl sites for hydroxylation is 1. The Morgan fingerprint density at radius 3 is 2.37 bits per heavy atom. The average Bonchev–Trinajstić information content (AvgIpc) is 2.61. The third-order valence-electron chi connectivity index (χ3n) is 4.35. The van der Waals surface area contributed by atoms with Crippen LogP contribution in [0.25, 0.3) is 0 Å². The van der Waals surface area contributed by atoms with Crippen LogP contribution >= 0.6 is 0 Å². The molecule has 0 saturated heterocycles. The summed E-state index contributed by atoms with van der Waals surface area (Å²) in [6.45, 7) is 2.89. The summed E-state index contributed by atoms with van der Waals surface area (Å²) in [7, 11) is 0.444. The lowest BCUT2D eigenvalue weighted by Crippen LogP contribution is -2.14. The van der Waals surface area contributed by atoms with Crippen LogP contribution < -0.4 is 4.72 Å². The number of benzene rings is 2. The van der Waals surface area contributed by atoms with E-state index in [2.05, 4.69) is 9.62 Å². The largest absolute Gasteiger partial charge is 0.309 e. The maximum Gasteiger partial charge on any atom is 0.261 e. The van der Waals surface area contributed by atoms with E-state index in [-0.39, 0.29) is 10.7 Å². The normalized spacial score (nSPS) is 11.6. The number of rotatable bonds is 10. The molecule has 5 nitrogen and oxygen atoms in total. The molecule has 0 heterocycles. The summed E-state index contributed by atoms with van der Waals surface area (Å²) in [6, 6.07) is 13.6. The molecule has 6 heteroatoms. The lowest BCUT2D eigenvalue weighted by Gasteiger charge is -2.11. The summed E-state index contributed by atoms with van der Waals surface area (Å²) in [5.74, 6) is 0.217. The SMILES string of the molecule is Cc1cc(NS(=O)(=O)c2ccccc2)ccc1CC(=O)CCCCN(C)C. The Kier molecular flexibility index (Phi) is 7.56. The van der Waals surface area contributed by atoms with Crippen molar-refractivity contribution in [1.82, 2.24) is 4.90 Å². The first kappa shape index (κ1) is 21.1. The van der Waals surface area contributed by atoms with Crippen molar-refractivity contribution in [2.45, 2.75) is 37.5 Å². The molecule has 0 aliphatic carbocycles. The van der Waals surface area contributed by atoms with Crippen molar-refractivity contribution >= 4 is 21.5 Å². The van der Waals surface area contributed by atoms with E-state index in [9.17, 15) is 13.2 Å². The Morgan fingerprint density at radius 2 is 1.74 bits per heavy atom. The first-order chi connectivity index (χ1) is 12.8. The second-order valence-corrected chi connectivity index (χ2v) is 8.72. The Labute approximate surface area is 162 Å². The molecule has 2 rings (SSSR count). The number of ketones is 1. The molecule has 27 heavy (non-hydrogen) atoms. The Bertz CT molecular complexity index is 862. The number of anilines is 1. The number of carbonyl (C=O) groups is 1. The third kappa shape index (κ3) is 6.81. The van der Waals surface area contributed by atoms with Crippen molar-refractivity contribution in [2.24, 2.45) is 0 Å². The van der Waals surface area contributed by atoms with E-state index in [0.717, 1.165) is 30.5 Å². The van der Waals surface area contributed by atoms with Crippen LogP contribution in [0.1, 0.15) is 30.4 Å². The lowest BCUT2D eigenvalue weighted by atomic mass is 10.0. The van der Waals surface area contributed by atoms with Crippen molar-refractivity contribution < 1.29 is 13.2 Å². The Morgan fingerprint density at radius 1 is 1.04 bits per heavy atom. The number of nitrogens with one attached hydrogen (secondary N) is 1. The molecule has 146 valence electrons. The summed E-state index contributed by atoms with van der Waals surface area (Å²) in [4.78, 5) is 14.5. The quantitative estimate of drug-likeness (QED) is 0.631. The van der Waals surface area contributed by atoms with Gasteiger partial charge in [0.05, 0.1) is 4.90 Å². The fourth-order valence-electron chi connectivity index (χ4n) is 2.82. The molecule has 0 aromatic heterocycles. The van der Waals surface area contributed by atoms with Crippen LogP contribution in [0.15, 0.2) is 53.4 Å². The molecular weight excluding hydrogens is 360 g/mol. The minimum absolute atomic E-state index is 0.217. The highest BCUT2D eigenvalue weighted by molar-refractivity contribution is 7.92. The van der Waals surface area contributed by atoms with Gasteiger partial charge in [0.25, 0.3) is 10.0 Å². The maximum atomic E-state index is 12.4. The molecule has 0 saturated carbocycles. The van der Waals surface area contributed by atoms with Gasteiger partial charge in [-0.15, -0.1) is 0 Å². The van der Waals surface area contributed by atoms with E-state index in [1.54, 1.807) is 42.5 Å². The van der Waals surface area contributed by atoms with Crippen LogP contribution in [0.2, 0.25) is 0 Å². The highest BCUT2D eigenvalue weighted by Gasteiger charge is 2.14. The van der Waals surface area contributed by atoms with Crippen LogP contribution in [0.5, 0.6) is 0 Å².